The second-order valence-corrected chi connectivity index (χ2v) is 28.8. The van der Waals surface area contributed by atoms with Gasteiger partial charge in [-0.05, 0) is 49.4 Å². The zero-order valence-corrected chi connectivity index (χ0v) is 57.7. The molecule has 6 atom stereocenters. The molecular weight excluding hydrogens is 1140 g/mol. The second-order valence-electron chi connectivity index (χ2n) is 25.9. The molecule has 510 valence electrons. The normalized spacial score (nSPS) is 14.7. The average molecular weight is 1270 g/mol. The molecule has 0 heterocycles. The minimum absolute atomic E-state index is 0.104. The van der Waals surface area contributed by atoms with Gasteiger partial charge in [-0.15, -0.1) is 0 Å². The van der Waals surface area contributed by atoms with Gasteiger partial charge in [0.2, 0.25) is 0 Å². The summed E-state index contributed by atoms with van der Waals surface area (Å²) in [4.78, 5) is 72.3. The maximum Gasteiger partial charge on any atom is 0.472 e. The molecule has 0 aromatic rings. The number of aliphatic hydroxyl groups excluding tert-OH is 1. The molecule has 0 bridgehead atoms. The molecule has 0 aromatic heterocycles. The van der Waals surface area contributed by atoms with Crippen molar-refractivity contribution < 1.29 is 80.2 Å². The predicted molar refractivity (Wildman–Crippen MR) is 344 cm³/mol. The van der Waals surface area contributed by atoms with E-state index in [1.165, 1.54) is 116 Å². The van der Waals surface area contributed by atoms with Crippen molar-refractivity contribution in [3.05, 3.63) is 0 Å². The third kappa shape index (κ3) is 59.7. The number of carbonyl (C=O) groups is 4. The summed E-state index contributed by atoms with van der Waals surface area (Å²) in [7, 11) is -9.90. The Morgan fingerprint density at radius 1 is 0.326 bits per heavy atom. The number of aliphatic hydroxyl groups is 1. The van der Waals surface area contributed by atoms with Crippen molar-refractivity contribution in [2.45, 2.75) is 343 Å². The van der Waals surface area contributed by atoms with Gasteiger partial charge in [0.1, 0.15) is 19.3 Å². The van der Waals surface area contributed by atoms with Gasteiger partial charge in [0.25, 0.3) is 0 Å². The Labute approximate surface area is 524 Å². The third-order valence-electron chi connectivity index (χ3n) is 15.7. The lowest BCUT2D eigenvalue weighted by molar-refractivity contribution is -0.161. The zero-order valence-electron chi connectivity index (χ0n) is 55.9. The van der Waals surface area contributed by atoms with Crippen LogP contribution >= 0.6 is 15.6 Å². The van der Waals surface area contributed by atoms with E-state index in [9.17, 15) is 43.2 Å². The first-order valence-electron chi connectivity index (χ1n) is 34.7. The highest BCUT2D eigenvalue weighted by atomic mass is 31.2. The van der Waals surface area contributed by atoms with Crippen LogP contribution in [0.4, 0.5) is 0 Å². The third-order valence-corrected chi connectivity index (χ3v) is 17.6. The van der Waals surface area contributed by atoms with E-state index in [2.05, 4.69) is 55.4 Å². The number of unbranched alkanes of at least 4 members (excludes halogenated alkanes) is 29. The van der Waals surface area contributed by atoms with E-state index in [1.807, 2.05) is 0 Å². The topological polar surface area (TPSA) is 237 Å². The van der Waals surface area contributed by atoms with Crippen molar-refractivity contribution in [1.82, 2.24) is 0 Å². The molecule has 0 saturated heterocycles. The van der Waals surface area contributed by atoms with Gasteiger partial charge in [0.15, 0.2) is 12.2 Å². The van der Waals surface area contributed by atoms with Gasteiger partial charge < -0.3 is 33.8 Å². The number of esters is 4. The molecule has 0 aromatic carbocycles. The summed E-state index contributed by atoms with van der Waals surface area (Å²) in [5.74, 6) is 0.791. The Hall–Kier alpha value is -1.94. The summed E-state index contributed by atoms with van der Waals surface area (Å²) in [6, 6.07) is 0. The molecule has 0 rings (SSSR count). The van der Waals surface area contributed by atoms with Gasteiger partial charge in [0, 0.05) is 25.7 Å². The molecule has 0 aliphatic rings. The number of rotatable bonds is 64. The first kappa shape index (κ1) is 84.1. The fourth-order valence-corrected chi connectivity index (χ4v) is 11.5. The molecule has 0 spiro atoms. The van der Waals surface area contributed by atoms with E-state index in [-0.39, 0.29) is 25.7 Å². The molecule has 86 heavy (non-hydrogen) atoms. The van der Waals surface area contributed by atoms with Gasteiger partial charge >= 0.3 is 39.5 Å². The maximum absolute atomic E-state index is 13.0. The second kappa shape index (κ2) is 57.0. The SMILES string of the molecule is CCC(C)CCCCCCCCC(=O)OC[C@H](COP(=O)(O)OC[C@H](O)COP(=O)(O)OC[C@@H](COC(=O)CCCCCCCCC(C)C)OC(=O)CCCCCCCCCCCCC(C)C)OC(=O)CCCCCCCCCCCCCC(C)C. The quantitative estimate of drug-likeness (QED) is 0.0222. The van der Waals surface area contributed by atoms with Crippen LogP contribution in [0.2, 0.25) is 0 Å². The standard InChI is InChI=1S/C67H130O17P2/c1-9-60(8)46-38-30-24-26-32-40-48-65(70)78-54-63(84-66(71)49-41-33-21-17-12-10-11-15-19-27-35-43-57(2)3)56-82-86(75,76)80-52-61(68)51-79-85(73,74)81-55-62(53-77-64(69)47-39-31-25-23-29-37-45-59(6)7)83-67(72)50-42-34-22-18-14-13-16-20-28-36-44-58(4)5/h57-63,68H,9-56H2,1-8H3,(H,73,74)(H,75,76)/t60?,61-,62-,63-/m1/s1. The summed E-state index contributed by atoms with van der Waals surface area (Å²) in [5.41, 5.74) is 0. The van der Waals surface area contributed by atoms with E-state index in [1.54, 1.807) is 0 Å². The van der Waals surface area contributed by atoms with Crippen LogP contribution in [0.15, 0.2) is 0 Å². The minimum Gasteiger partial charge on any atom is -0.462 e. The number of hydrogen-bond donors (Lipinski definition) is 3. The van der Waals surface area contributed by atoms with E-state index in [0.29, 0.717) is 31.6 Å². The Bertz CT molecular complexity index is 1720. The molecule has 0 amide bonds. The van der Waals surface area contributed by atoms with Crippen LogP contribution in [0.1, 0.15) is 325 Å². The van der Waals surface area contributed by atoms with Gasteiger partial charge in [-0.1, -0.05) is 274 Å². The predicted octanol–water partition coefficient (Wildman–Crippen LogP) is 18.5. The summed E-state index contributed by atoms with van der Waals surface area (Å²) in [6.07, 6.45) is 37.7. The highest BCUT2D eigenvalue weighted by Gasteiger charge is 2.30. The van der Waals surface area contributed by atoms with Crippen molar-refractivity contribution in [3.63, 3.8) is 0 Å². The summed E-state index contributed by atoms with van der Waals surface area (Å²) < 4.78 is 68.1. The van der Waals surface area contributed by atoms with Gasteiger partial charge in [-0.2, -0.15) is 0 Å². The average Bonchev–Trinajstić information content (AvgIpc) is 3.64. The molecule has 0 aliphatic heterocycles. The van der Waals surface area contributed by atoms with E-state index in [4.69, 9.17) is 37.0 Å². The van der Waals surface area contributed by atoms with E-state index >= 15 is 0 Å². The van der Waals surface area contributed by atoms with Gasteiger partial charge in [-0.25, -0.2) is 9.13 Å². The molecule has 0 aliphatic carbocycles. The summed E-state index contributed by atoms with van der Waals surface area (Å²) in [6.45, 7) is 14.0. The van der Waals surface area contributed by atoms with E-state index < -0.39 is 97.5 Å². The summed E-state index contributed by atoms with van der Waals surface area (Å²) in [5, 5.41) is 10.6. The Morgan fingerprint density at radius 2 is 0.558 bits per heavy atom. The van der Waals surface area contributed by atoms with Crippen LogP contribution < -0.4 is 0 Å². The number of carbonyl (C=O) groups excluding carboxylic acids is 4. The number of hydrogen-bond acceptors (Lipinski definition) is 15. The van der Waals surface area contributed by atoms with Crippen molar-refractivity contribution in [2.24, 2.45) is 23.7 Å². The number of phosphoric acid groups is 2. The van der Waals surface area contributed by atoms with E-state index in [0.717, 1.165) is 120 Å². The van der Waals surface area contributed by atoms with Crippen LogP contribution in [-0.2, 0) is 65.4 Å². The van der Waals surface area contributed by atoms with Crippen LogP contribution in [0.3, 0.4) is 0 Å². The van der Waals surface area contributed by atoms with Gasteiger partial charge in [0.05, 0.1) is 26.4 Å². The number of phosphoric ester groups is 2. The molecule has 0 radical (unpaired) electrons. The molecule has 19 heteroatoms. The van der Waals surface area contributed by atoms with Gasteiger partial charge in [-0.3, -0.25) is 37.3 Å². The fraction of sp³-hybridized carbons (Fsp3) is 0.940. The largest absolute Gasteiger partial charge is 0.472 e. The van der Waals surface area contributed by atoms with Crippen LogP contribution in [0.5, 0.6) is 0 Å². The molecular formula is C67H130O17P2. The Morgan fingerprint density at radius 3 is 0.826 bits per heavy atom. The lowest BCUT2D eigenvalue weighted by Crippen LogP contribution is -2.30. The van der Waals surface area contributed by atoms with Crippen LogP contribution in [-0.4, -0.2) is 96.7 Å². The molecule has 0 saturated carbocycles. The Kier molecular flexibility index (Phi) is 55.7. The van der Waals surface area contributed by atoms with Crippen LogP contribution in [0, 0.1) is 23.7 Å². The molecule has 3 N–H and O–H groups in total. The minimum atomic E-state index is -4.95. The van der Waals surface area contributed by atoms with Crippen LogP contribution in [0.25, 0.3) is 0 Å². The molecule has 0 fully saturated rings. The first-order chi connectivity index (χ1) is 41.1. The zero-order chi connectivity index (χ0) is 63.9. The lowest BCUT2D eigenvalue weighted by Gasteiger charge is -2.21. The Balaban J connectivity index is 5.25. The highest BCUT2D eigenvalue weighted by Crippen LogP contribution is 2.45. The van der Waals surface area contributed by atoms with Crippen molar-refractivity contribution in [3.8, 4) is 0 Å². The summed E-state index contributed by atoms with van der Waals surface area (Å²) >= 11 is 0. The smallest absolute Gasteiger partial charge is 0.462 e. The van der Waals surface area contributed by atoms with Crippen molar-refractivity contribution >= 4 is 39.5 Å². The monoisotopic (exact) mass is 1270 g/mol. The molecule has 3 unspecified atom stereocenters. The molecule has 17 nitrogen and oxygen atoms in total. The van der Waals surface area contributed by atoms with Crippen molar-refractivity contribution in [1.29, 1.82) is 0 Å². The first-order valence-corrected chi connectivity index (χ1v) is 37.7. The number of ether oxygens (including phenoxy) is 4. The maximum atomic E-state index is 13.0. The van der Waals surface area contributed by atoms with Crippen molar-refractivity contribution in [2.75, 3.05) is 39.6 Å². The fourth-order valence-electron chi connectivity index (χ4n) is 9.93. The highest BCUT2D eigenvalue weighted by molar-refractivity contribution is 7.47. The lowest BCUT2D eigenvalue weighted by atomic mass is 10.00.